The Kier molecular flexibility index (Phi) is 6.18. The number of carbonyl (C=O) groups is 1. The number of amides is 1. The summed E-state index contributed by atoms with van der Waals surface area (Å²) in [7, 11) is 1.58. The van der Waals surface area contributed by atoms with E-state index in [1.54, 1.807) is 43.5 Å². The third-order valence-electron chi connectivity index (χ3n) is 5.07. The van der Waals surface area contributed by atoms with Gasteiger partial charge in [-0.2, -0.15) is 0 Å². The van der Waals surface area contributed by atoms with Crippen LogP contribution in [-0.4, -0.2) is 29.4 Å². The van der Waals surface area contributed by atoms with Crippen molar-refractivity contribution in [2.75, 3.05) is 19.1 Å². The molecule has 1 atom stereocenters. The average Bonchev–Trinajstić information content (AvgIpc) is 2.82. The fourth-order valence-corrected chi connectivity index (χ4v) is 3.50. The van der Waals surface area contributed by atoms with Crippen molar-refractivity contribution in [2.24, 2.45) is 0 Å². The number of nitrogens with zero attached hydrogens (tertiary/aromatic N) is 2. The third-order valence-corrected chi connectivity index (χ3v) is 5.07. The van der Waals surface area contributed by atoms with Crippen molar-refractivity contribution >= 4 is 17.3 Å². The van der Waals surface area contributed by atoms with E-state index in [0.717, 1.165) is 5.56 Å². The zero-order chi connectivity index (χ0) is 22.5. The van der Waals surface area contributed by atoms with Gasteiger partial charge in [0.15, 0.2) is 6.23 Å². The molecule has 3 aromatic carbocycles. The number of benzene rings is 3. The SMILES string of the molecule is COc1ccc(NNC(=O)CN2Cc3ccccc3OC2c2cccc([N+](=O)[O-])c2)cc1. The van der Waals surface area contributed by atoms with Crippen LogP contribution < -0.4 is 20.3 Å². The van der Waals surface area contributed by atoms with Gasteiger partial charge < -0.3 is 9.47 Å². The molecular weight excluding hydrogens is 412 g/mol. The van der Waals surface area contributed by atoms with Crippen molar-refractivity contribution < 1.29 is 19.2 Å². The van der Waals surface area contributed by atoms with Gasteiger partial charge in [0.05, 0.1) is 24.3 Å². The summed E-state index contributed by atoms with van der Waals surface area (Å²) in [5, 5.41) is 11.2. The molecule has 9 nitrogen and oxygen atoms in total. The molecule has 0 saturated heterocycles. The predicted molar refractivity (Wildman–Crippen MR) is 118 cm³/mol. The number of rotatable bonds is 7. The van der Waals surface area contributed by atoms with E-state index in [0.29, 0.717) is 29.3 Å². The fourth-order valence-electron chi connectivity index (χ4n) is 3.50. The third kappa shape index (κ3) is 4.79. The Morgan fingerprint density at radius 3 is 2.69 bits per heavy atom. The van der Waals surface area contributed by atoms with E-state index in [9.17, 15) is 14.9 Å². The molecule has 0 spiro atoms. The van der Waals surface area contributed by atoms with Gasteiger partial charge in [-0.15, -0.1) is 0 Å². The Hall–Kier alpha value is -4.11. The second kappa shape index (κ2) is 9.36. The largest absolute Gasteiger partial charge is 0.497 e. The highest BCUT2D eigenvalue weighted by Gasteiger charge is 2.31. The first kappa shape index (κ1) is 21.1. The van der Waals surface area contributed by atoms with E-state index in [-0.39, 0.29) is 18.1 Å². The van der Waals surface area contributed by atoms with Crippen molar-refractivity contribution in [3.63, 3.8) is 0 Å². The number of para-hydroxylation sites is 1. The van der Waals surface area contributed by atoms with Crippen LogP contribution in [0.15, 0.2) is 72.8 Å². The normalized spacial score (nSPS) is 15.2. The number of methoxy groups -OCH3 is 1. The van der Waals surface area contributed by atoms with E-state index in [2.05, 4.69) is 10.9 Å². The van der Waals surface area contributed by atoms with Crippen LogP contribution in [0, 0.1) is 10.1 Å². The Morgan fingerprint density at radius 2 is 1.94 bits per heavy atom. The molecule has 1 amide bonds. The number of nitro benzene ring substituents is 1. The molecule has 1 aliphatic rings. The molecule has 0 saturated carbocycles. The van der Waals surface area contributed by atoms with Crippen LogP contribution in [0.2, 0.25) is 0 Å². The lowest BCUT2D eigenvalue weighted by Crippen LogP contribution is -2.44. The van der Waals surface area contributed by atoms with Crippen LogP contribution >= 0.6 is 0 Å². The summed E-state index contributed by atoms with van der Waals surface area (Å²) in [5.74, 6) is 1.13. The molecular formula is C23H22N4O5. The maximum absolute atomic E-state index is 12.7. The van der Waals surface area contributed by atoms with Crippen LogP contribution in [0.1, 0.15) is 17.4 Å². The van der Waals surface area contributed by atoms with Gasteiger partial charge in [0.25, 0.3) is 11.6 Å². The van der Waals surface area contributed by atoms with Gasteiger partial charge in [-0.05, 0) is 30.3 Å². The molecule has 0 aromatic heterocycles. The molecule has 164 valence electrons. The smallest absolute Gasteiger partial charge is 0.269 e. The quantitative estimate of drug-likeness (QED) is 0.432. The summed E-state index contributed by atoms with van der Waals surface area (Å²) in [5.41, 5.74) is 7.75. The zero-order valence-corrected chi connectivity index (χ0v) is 17.4. The molecule has 1 aliphatic heterocycles. The molecule has 0 aliphatic carbocycles. The first-order chi connectivity index (χ1) is 15.5. The average molecular weight is 434 g/mol. The molecule has 4 rings (SSSR count). The van der Waals surface area contributed by atoms with Crippen LogP contribution in [0.3, 0.4) is 0 Å². The highest BCUT2D eigenvalue weighted by Crippen LogP contribution is 2.35. The molecule has 32 heavy (non-hydrogen) atoms. The number of hydrogen-bond donors (Lipinski definition) is 2. The Bertz CT molecular complexity index is 1120. The number of ether oxygens (including phenoxy) is 2. The lowest BCUT2D eigenvalue weighted by atomic mass is 10.1. The van der Waals surface area contributed by atoms with Crippen LogP contribution in [0.25, 0.3) is 0 Å². The fraction of sp³-hybridized carbons (Fsp3) is 0.174. The summed E-state index contributed by atoms with van der Waals surface area (Å²) in [6, 6.07) is 20.9. The highest BCUT2D eigenvalue weighted by molar-refractivity contribution is 5.79. The lowest BCUT2D eigenvalue weighted by molar-refractivity contribution is -0.385. The molecule has 9 heteroatoms. The van der Waals surface area contributed by atoms with E-state index in [1.807, 2.05) is 29.2 Å². The van der Waals surface area contributed by atoms with Crippen molar-refractivity contribution in [3.8, 4) is 11.5 Å². The van der Waals surface area contributed by atoms with Gasteiger partial charge in [-0.1, -0.05) is 30.3 Å². The first-order valence-electron chi connectivity index (χ1n) is 9.95. The number of nitro groups is 1. The number of anilines is 1. The topological polar surface area (TPSA) is 106 Å². The number of carbonyl (C=O) groups excluding carboxylic acids is 1. The number of hydrogen-bond acceptors (Lipinski definition) is 7. The zero-order valence-electron chi connectivity index (χ0n) is 17.4. The number of non-ortho nitro benzene ring substituents is 1. The highest BCUT2D eigenvalue weighted by atomic mass is 16.6. The van der Waals surface area contributed by atoms with Gasteiger partial charge >= 0.3 is 0 Å². The Labute approximate surface area is 184 Å². The number of fused-ring (bicyclic) bond motifs is 1. The standard InChI is InChI=1S/C23H22N4O5/c1-31-20-11-9-18(10-12-20)24-25-22(28)15-26-14-17-5-2-3-8-21(17)32-23(26)16-6-4-7-19(13-16)27(29)30/h2-13,23-24H,14-15H2,1H3,(H,25,28). The van der Waals surface area contributed by atoms with Crippen molar-refractivity contribution in [1.82, 2.24) is 10.3 Å². The molecule has 1 unspecified atom stereocenters. The minimum atomic E-state index is -0.642. The van der Waals surface area contributed by atoms with Gasteiger partial charge in [-0.25, -0.2) is 0 Å². The summed E-state index contributed by atoms with van der Waals surface area (Å²) in [6.07, 6.45) is -0.642. The van der Waals surface area contributed by atoms with Crippen LogP contribution in [0.4, 0.5) is 11.4 Å². The summed E-state index contributed by atoms with van der Waals surface area (Å²) in [4.78, 5) is 25.3. The molecule has 0 fully saturated rings. The lowest BCUT2D eigenvalue weighted by Gasteiger charge is -2.36. The first-order valence-corrected chi connectivity index (χ1v) is 9.95. The second-order valence-corrected chi connectivity index (χ2v) is 7.24. The minimum Gasteiger partial charge on any atom is -0.497 e. The van der Waals surface area contributed by atoms with E-state index in [1.165, 1.54) is 12.1 Å². The van der Waals surface area contributed by atoms with Gasteiger partial charge in [0, 0.05) is 29.8 Å². The monoisotopic (exact) mass is 434 g/mol. The van der Waals surface area contributed by atoms with Crippen molar-refractivity contribution in [3.05, 3.63) is 94.0 Å². The number of nitrogens with one attached hydrogen (secondary N) is 2. The Morgan fingerprint density at radius 1 is 1.16 bits per heavy atom. The molecule has 0 radical (unpaired) electrons. The van der Waals surface area contributed by atoms with Gasteiger partial charge in [0.1, 0.15) is 11.5 Å². The molecule has 2 N–H and O–H groups in total. The second-order valence-electron chi connectivity index (χ2n) is 7.24. The molecule has 1 heterocycles. The maximum atomic E-state index is 12.7. The maximum Gasteiger partial charge on any atom is 0.269 e. The van der Waals surface area contributed by atoms with Gasteiger partial charge in [-0.3, -0.25) is 30.7 Å². The Balaban J connectivity index is 1.50. The van der Waals surface area contributed by atoms with Crippen LogP contribution in [-0.2, 0) is 11.3 Å². The van der Waals surface area contributed by atoms with E-state index < -0.39 is 11.2 Å². The number of hydrazine groups is 1. The molecule has 3 aromatic rings. The van der Waals surface area contributed by atoms with Crippen LogP contribution in [0.5, 0.6) is 11.5 Å². The molecule has 0 bridgehead atoms. The van der Waals surface area contributed by atoms with Crippen molar-refractivity contribution in [1.29, 1.82) is 0 Å². The summed E-state index contributed by atoms with van der Waals surface area (Å²) < 4.78 is 11.3. The predicted octanol–water partition coefficient (Wildman–Crippen LogP) is 3.64. The summed E-state index contributed by atoms with van der Waals surface area (Å²) >= 11 is 0. The van der Waals surface area contributed by atoms with E-state index >= 15 is 0 Å². The van der Waals surface area contributed by atoms with Gasteiger partial charge in [0.2, 0.25) is 0 Å². The van der Waals surface area contributed by atoms with Crippen molar-refractivity contribution in [2.45, 2.75) is 12.8 Å². The van der Waals surface area contributed by atoms with E-state index in [4.69, 9.17) is 9.47 Å². The minimum absolute atomic E-state index is 0.0187. The summed E-state index contributed by atoms with van der Waals surface area (Å²) in [6.45, 7) is 0.477.